The van der Waals surface area contributed by atoms with E-state index < -0.39 is 11.9 Å². The number of unbranched alkanes of at least 4 members (excludes halogenated alkanes) is 1. The number of urea groups is 1. The fourth-order valence-corrected chi connectivity index (χ4v) is 2.65. The van der Waals surface area contributed by atoms with E-state index in [4.69, 9.17) is 5.11 Å². The number of carboxylic acid groups (broad SMARTS) is 1. The van der Waals surface area contributed by atoms with Gasteiger partial charge in [0, 0.05) is 19.6 Å². The summed E-state index contributed by atoms with van der Waals surface area (Å²) in [7, 11) is 0. The Morgan fingerprint density at radius 3 is 2.75 bits per heavy atom. The predicted octanol–water partition coefficient (Wildman–Crippen LogP) is 2.71. The van der Waals surface area contributed by atoms with E-state index in [9.17, 15) is 9.59 Å². The van der Waals surface area contributed by atoms with Crippen LogP contribution in [0, 0.1) is 11.8 Å². The maximum Gasteiger partial charge on any atom is 0.317 e. The number of carbonyl (C=O) groups excluding carboxylic acids is 1. The number of amides is 2. The minimum absolute atomic E-state index is 0.106. The molecule has 0 aromatic rings. The van der Waals surface area contributed by atoms with E-state index in [1.165, 1.54) is 12.8 Å². The molecule has 1 saturated heterocycles. The van der Waals surface area contributed by atoms with E-state index >= 15 is 0 Å². The van der Waals surface area contributed by atoms with Gasteiger partial charge >= 0.3 is 12.0 Å². The molecule has 20 heavy (non-hydrogen) atoms. The van der Waals surface area contributed by atoms with Crippen LogP contribution < -0.4 is 5.32 Å². The number of nitrogens with one attached hydrogen (secondary N) is 1. The van der Waals surface area contributed by atoms with Crippen molar-refractivity contribution in [1.82, 2.24) is 10.2 Å². The number of nitrogens with zero attached hydrogens (tertiary/aromatic N) is 1. The predicted molar refractivity (Wildman–Crippen MR) is 78.6 cm³/mol. The molecule has 1 unspecified atom stereocenters. The first kappa shape index (κ1) is 16.8. The summed E-state index contributed by atoms with van der Waals surface area (Å²) in [5, 5.41) is 12.0. The number of rotatable bonds is 7. The molecule has 0 aliphatic carbocycles. The Balaban J connectivity index is 2.35. The number of likely N-dealkylation sites (tertiary alicyclic amines) is 1. The van der Waals surface area contributed by atoms with Gasteiger partial charge < -0.3 is 15.3 Å². The molecule has 1 aliphatic heterocycles. The molecule has 0 bridgehead atoms. The lowest BCUT2D eigenvalue weighted by molar-refractivity contribution is -0.143. The first-order valence-electron chi connectivity index (χ1n) is 7.84. The van der Waals surface area contributed by atoms with Crippen LogP contribution in [0.3, 0.4) is 0 Å². The average Bonchev–Trinajstić information content (AvgIpc) is 2.47. The highest BCUT2D eigenvalue weighted by Crippen LogP contribution is 2.17. The Morgan fingerprint density at radius 1 is 1.40 bits per heavy atom. The van der Waals surface area contributed by atoms with E-state index in [2.05, 4.69) is 19.2 Å². The number of carbonyl (C=O) groups is 2. The average molecular weight is 284 g/mol. The number of piperidine rings is 1. The number of carboxylic acids is 1. The Hall–Kier alpha value is -1.26. The molecule has 0 radical (unpaired) electrons. The van der Waals surface area contributed by atoms with Crippen LogP contribution in [0.25, 0.3) is 0 Å². The number of aliphatic carboxylic acids is 1. The molecule has 0 spiro atoms. The van der Waals surface area contributed by atoms with Gasteiger partial charge in [0.2, 0.25) is 0 Å². The molecule has 2 atom stereocenters. The zero-order chi connectivity index (χ0) is 15.0. The third kappa shape index (κ3) is 5.39. The molecule has 1 heterocycles. The molecule has 5 heteroatoms. The van der Waals surface area contributed by atoms with Crippen molar-refractivity contribution in [3.05, 3.63) is 0 Å². The second-order valence-electron chi connectivity index (χ2n) is 5.73. The molecule has 1 rings (SSSR count). The van der Waals surface area contributed by atoms with Crippen LogP contribution in [0.4, 0.5) is 4.79 Å². The van der Waals surface area contributed by atoms with Gasteiger partial charge in [0.1, 0.15) is 0 Å². The van der Waals surface area contributed by atoms with Gasteiger partial charge in [-0.15, -0.1) is 0 Å². The summed E-state index contributed by atoms with van der Waals surface area (Å²) in [5.41, 5.74) is 0. The molecule has 0 saturated carbocycles. The molecule has 5 nitrogen and oxygen atoms in total. The Labute approximate surface area is 121 Å². The lowest BCUT2D eigenvalue weighted by Gasteiger charge is -2.31. The van der Waals surface area contributed by atoms with Crippen LogP contribution in [0.2, 0.25) is 0 Å². The molecule has 0 aromatic heterocycles. The van der Waals surface area contributed by atoms with E-state index in [0.717, 1.165) is 19.3 Å². The second kappa shape index (κ2) is 8.82. The van der Waals surface area contributed by atoms with Gasteiger partial charge in [0.25, 0.3) is 0 Å². The van der Waals surface area contributed by atoms with Crippen molar-refractivity contribution in [2.24, 2.45) is 11.8 Å². The quantitative estimate of drug-likeness (QED) is 0.755. The van der Waals surface area contributed by atoms with Gasteiger partial charge in [-0.3, -0.25) is 4.79 Å². The van der Waals surface area contributed by atoms with Gasteiger partial charge in [-0.25, -0.2) is 4.79 Å². The monoisotopic (exact) mass is 284 g/mol. The highest BCUT2D eigenvalue weighted by molar-refractivity contribution is 5.76. The van der Waals surface area contributed by atoms with Crippen molar-refractivity contribution in [3.63, 3.8) is 0 Å². The van der Waals surface area contributed by atoms with Crippen molar-refractivity contribution in [1.29, 1.82) is 0 Å². The lowest BCUT2D eigenvalue weighted by Crippen LogP contribution is -2.47. The molecular formula is C15H28N2O3. The molecule has 2 N–H and O–H groups in total. The summed E-state index contributed by atoms with van der Waals surface area (Å²) < 4.78 is 0. The number of hydrogen-bond acceptors (Lipinski definition) is 2. The van der Waals surface area contributed by atoms with E-state index in [1.54, 1.807) is 4.90 Å². The molecule has 116 valence electrons. The molecule has 1 aliphatic rings. The highest BCUT2D eigenvalue weighted by Gasteiger charge is 2.28. The molecule has 2 amide bonds. The third-order valence-electron chi connectivity index (χ3n) is 4.14. The van der Waals surface area contributed by atoms with Crippen LogP contribution in [0.1, 0.15) is 52.4 Å². The molecule has 0 aromatic carbocycles. The Kier molecular flexibility index (Phi) is 7.41. The Morgan fingerprint density at radius 2 is 2.15 bits per heavy atom. The first-order chi connectivity index (χ1) is 9.58. The molecule has 1 fully saturated rings. The third-order valence-corrected chi connectivity index (χ3v) is 4.14. The minimum Gasteiger partial charge on any atom is -0.481 e. The minimum atomic E-state index is -0.795. The van der Waals surface area contributed by atoms with Crippen molar-refractivity contribution >= 4 is 12.0 Å². The molecular weight excluding hydrogens is 256 g/mol. The van der Waals surface area contributed by atoms with Crippen molar-refractivity contribution in [2.45, 2.75) is 52.4 Å². The van der Waals surface area contributed by atoms with Crippen molar-refractivity contribution in [2.75, 3.05) is 19.6 Å². The zero-order valence-electron chi connectivity index (χ0n) is 12.7. The van der Waals surface area contributed by atoms with Crippen molar-refractivity contribution in [3.8, 4) is 0 Å². The normalized spacial score (nSPS) is 20.5. The summed E-state index contributed by atoms with van der Waals surface area (Å²) in [6, 6.07) is -0.106. The van der Waals surface area contributed by atoms with Crippen molar-refractivity contribution < 1.29 is 14.7 Å². The zero-order valence-corrected chi connectivity index (χ0v) is 12.7. The number of hydrogen-bond donors (Lipinski definition) is 2. The first-order valence-corrected chi connectivity index (χ1v) is 7.84. The second-order valence-corrected chi connectivity index (χ2v) is 5.73. The van der Waals surface area contributed by atoms with Gasteiger partial charge in [0.05, 0.1) is 5.92 Å². The van der Waals surface area contributed by atoms with Crippen LogP contribution in [-0.4, -0.2) is 41.6 Å². The topological polar surface area (TPSA) is 69.6 Å². The fourth-order valence-electron chi connectivity index (χ4n) is 2.65. The smallest absolute Gasteiger partial charge is 0.317 e. The summed E-state index contributed by atoms with van der Waals surface area (Å²) in [4.78, 5) is 24.7. The van der Waals surface area contributed by atoms with E-state index in [-0.39, 0.29) is 6.03 Å². The highest BCUT2D eigenvalue weighted by atomic mass is 16.4. The lowest BCUT2D eigenvalue weighted by atomic mass is 9.98. The standard InChI is InChI=1S/C15H28N2O3/c1-3-5-7-12(4-2)10-16-15(20)17-9-6-8-13(11-17)14(18)19/h12-13H,3-11H2,1-2H3,(H,16,20)(H,18,19)/t12?,13-/m0/s1. The summed E-state index contributed by atoms with van der Waals surface area (Å²) in [6.07, 6.45) is 6.03. The van der Waals surface area contributed by atoms with E-state index in [1.807, 2.05) is 0 Å². The summed E-state index contributed by atoms with van der Waals surface area (Å²) >= 11 is 0. The van der Waals surface area contributed by atoms with Gasteiger partial charge in [-0.2, -0.15) is 0 Å². The van der Waals surface area contributed by atoms with Crippen LogP contribution in [0.15, 0.2) is 0 Å². The SMILES string of the molecule is CCCCC(CC)CNC(=O)N1CCC[C@H](C(=O)O)C1. The maximum absolute atomic E-state index is 12.1. The van der Waals surface area contributed by atoms with Gasteiger partial charge in [-0.05, 0) is 25.2 Å². The summed E-state index contributed by atoms with van der Waals surface area (Å²) in [6.45, 7) is 6.02. The van der Waals surface area contributed by atoms with E-state index in [0.29, 0.717) is 32.0 Å². The largest absolute Gasteiger partial charge is 0.481 e. The van der Waals surface area contributed by atoms with Crippen LogP contribution in [-0.2, 0) is 4.79 Å². The van der Waals surface area contributed by atoms with Crippen LogP contribution >= 0.6 is 0 Å². The van der Waals surface area contributed by atoms with Crippen LogP contribution in [0.5, 0.6) is 0 Å². The van der Waals surface area contributed by atoms with Gasteiger partial charge in [0.15, 0.2) is 0 Å². The maximum atomic E-state index is 12.1. The fraction of sp³-hybridized carbons (Fsp3) is 0.867. The summed E-state index contributed by atoms with van der Waals surface area (Å²) in [5.74, 6) is -0.674. The van der Waals surface area contributed by atoms with Gasteiger partial charge in [-0.1, -0.05) is 33.1 Å². The Bertz CT molecular complexity index is 320.